The lowest BCUT2D eigenvalue weighted by atomic mass is 10.3. The molecule has 1 aromatic heterocycles. The van der Waals surface area contributed by atoms with Crippen molar-refractivity contribution in [2.24, 2.45) is 0 Å². The molecule has 21 heavy (non-hydrogen) atoms. The van der Waals surface area contributed by atoms with Crippen LogP contribution in [-0.2, 0) is 10.0 Å². The summed E-state index contributed by atoms with van der Waals surface area (Å²) in [5.41, 5.74) is 0.503. The van der Waals surface area contributed by atoms with Crippen molar-refractivity contribution in [2.45, 2.75) is 11.8 Å². The van der Waals surface area contributed by atoms with E-state index in [4.69, 9.17) is 11.6 Å². The molecule has 112 valence electrons. The van der Waals surface area contributed by atoms with Crippen LogP contribution in [-0.4, -0.2) is 13.4 Å². The zero-order valence-corrected chi connectivity index (χ0v) is 12.1. The molecule has 0 atom stereocenters. The maximum Gasteiger partial charge on any atom is 0.264 e. The zero-order chi connectivity index (χ0) is 15.8. The number of halogens is 4. The normalized spacial score (nSPS) is 11.5. The summed E-state index contributed by atoms with van der Waals surface area (Å²) in [7, 11) is -4.43. The first kappa shape index (κ1) is 15.6. The second kappa shape index (κ2) is 5.53. The number of hydrogen-bond donors (Lipinski definition) is 1. The Kier molecular flexibility index (Phi) is 4.11. The second-order valence-electron chi connectivity index (χ2n) is 4.11. The average Bonchev–Trinajstić information content (AvgIpc) is 2.39. The van der Waals surface area contributed by atoms with Crippen molar-refractivity contribution in [2.75, 3.05) is 4.72 Å². The van der Waals surface area contributed by atoms with Crippen molar-refractivity contribution in [3.8, 4) is 0 Å². The maximum absolute atomic E-state index is 13.5. The minimum atomic E-state index is -4.43. The first-order chi connectivity index (χ1) is 9.72. The lowest BCUT2D eigenvalue weighted by Gasteiger charge is -2.10. The molecular formula is C12H8ClF3N2O2S. The van der Waals surface area contributed by atoms with E-state index in [1.807, 2.05) is 4.72 Å². The van der Waals surface area contributed by atoms with Crippen molar-refractivity contribution in [3.63, 3.8) is 0 Å². The number of nitrogens with one attached hydrogen (secondary N) is 1. The fraction of sp³-hybridized carbons (Fsp3) is 0.0833. The summed E-state index contributed by atoms with van der Waals surface area (Å²) in [6, 6.07) is 2.52. The van der Waals surface area contributed by atoms with E-state index >= 15 is 0 Å². The Bertz CT molecular complexity index is 812. The van der Waals surface area contributed by atoms with Gasteiger partial charge in [0, 0.05) is 0 Å². The molecule has 0 aliphatic carbocycles. The molecule has 0 radical (unpaired) electrons. The van der Waals surface area contributed by atoms with Gasteiger partial charge >= 0.3 is 0 Å². The molecular weight excluding hydrogens is 329 g/mol. The summed E-state index contributed by atoms with van der Waals surface area (Å²) in [5, 5.41) is 0.178. The predicted octanol–water partition coefficient (Wildman–Crippen LogP) is 3.26. The van der Waals surface area contributed by atoms with Crippen LogP contribution in [0.25, 0.3) is 0 Å². The Morgan fingerprint density at radius 3 is 2.48 bits per heavy atom. The van der Waals surface area contributed by atoms with E-state index in [9.17, 15) is 21.6 Å². The van der Waals surface area contributed by atoms with Crippen molar-refractivity contribution in [3.05, 3.63) is 52.6 Å². The molecule has 0 spiro atoms. The zero-order valence-electron chi connectivity index (χ0n) is 10.5. The van der Waals surface area contributed by atoms with Gasteiger partial charge in [-0.15, -0.1) is 0 Å². The van der Waals surface area contributed by atoms with Crippen LogP contribution in [0.1, 0.15) is 5.56 Å². The molecule has 0 aliphatic heterocycles. The van der Waals surface area contributed by atoms with E-state index in [2.05, 4.69) is 4.98 Å². The molecule has 1 aromatic carbocycles. The molecule has 4 nitrogen and oxygen atoms in total. The van der Waals surface area contributed by atoms with E-state index in [-0.39, 0.29) is 10.8 Å². The third kappa shape index (κ3) is 3.11. The first-order valence-corrected chi connectivity index (χ1v) is 7.37. The Morgan fingerprint density at radius 2 is 1.86 bits per heavy atom. The molecule has 1 heterocycles. The monoisotopic (exact) mass is 336 g/mol. The fourth-order valence-electron chi connectivity index (χ4n) is 1.54. The summed E-state index contributed by atoms with van der Waals surface area (Å²) < 4.78 is 65.4. The highest BCUT2D eigenvalue weighted by atomic mass is 35.5. The highest BCUT2D eigenvalue weighted by Crippen LogP contribution is 2.23. The smallest absolute Gasteiger partial charge is 0.264 e. The van der Waals surface area contributed by atoms with Gasteiger partial charge in [-0.05, 0) is 30.7 Å². The lowest BCUT2D eigenvalue weighted by Crippen LogP contribution is -2.16. The molecule has 1 N–H and O–H groups in total. The molecule has 0 amide bonds. The fourth-order valence-corrected chi connectivity index (χ4v) is 2.75. The van der Waals surface area contributed by atoms with Crippen LogP contribution in [0, 0.1) is 24.4 Å². The topological polar surface area (TPSA) is 59.1 Å². The third-order valence-corrected chi connectivity index (χ3v) is 4.35. The number of pyridine rings is 1. The number of sulfonamides is 1. The summed E-state index contributed by atoms with van der Waals surface area (Å²) >= 11 is 5.69. The minimum Gasteiger partial charge on any atom is -0.278 e. The van der Waals surface area contributed by atoms with Crippen LogP contribution in [0.3, 0.4) is 0 Å². The highest BCUT2D eigenvalue weighted by Gasteiger charge is 2.24. The van der Waals surface area contributed by atoms with Gasteiger partial charge in [0.15, 0.2) is 17.5 Å². The summed E-state index contributed by atoms with van der Waals surface area (Å²) in [4.78, 5) is 2.72. The van der Waals surface area contributed by atoms with Crippen LogP contribution in [0.2, 0.25) is 5.15 Å². The van der Waals surface area contributed by atoms with Gasteiger partial charge in [-0.3, -0.25) is 4.72 Å². The van der Waals surface area contributed by atoms with E-state index in [0.29, 0.717) is 17.7 Å². The van der Waals surface area contributed by atoms with Gasteiger partial charge in [-0.1, -0.05) is 11.6 Å². The molecule has 9 heteroatoms. The quantitative estimate of drug-likeness (QED) is 0.691. The van der Waals surface area contributed by atoms with Crippen LogP contribution in [0.5, 0.6) is 0 Å². The predicted molar refractivity (Wildman–Crippen MR) is 71.1 cm³/mol. The number of rotatable bonds is 3. The Balaban J connectivity index is 2.43. The summed E-state index contributed by atoms with van der Waals surface area (Å²) in [6.07, 6.45) is 1.12. The number of aryl methyl sites for hydroxylation is 1. The minimum absolute atomic E-state index is 0.0148. The maximum atomic E-state index is 13.5. The van der Waals surface area contributed by atoms with Crippen molar-refractivity contribution in [1.82, 2.24) is 4.98 Å². The molecule has 0 saturated carbocycles. The largest absolute Gasteiger partial charge is 0.278 e. The van der Waals surface area contributed by atoms with Gasteiger partial charge in [-0.25, -0.2) is 26.6 Å². The number of hydrogen-bond acceptors (Lipinski definition) is 3. The van der Waals surface area contributed by atoms with Gasteiger partial charge in [-0.2, -0.15) is 0 Å². The van der Waals surface area contributed by atoms with E-state index in [1.165, 1.54) is 6.07 Å². The van der Waals surface area contributed by atoms with Crippen molar-refractivity contribution >= 4 is 27.3 Å². The molecule has 2 aromatic rings. The van der Waals surface area contributed by atoms with E-state index in [0.717, 1.165) is 6.20 Å². The molecule has 0 fully saturated rings. The second-order valence-corrected chi connectivity index (χ2v) is 6.12. The van der Waals surface area contributed by atoms with Gasteiger partial charge < -0.3 is 0 Å². The molecule has 0 aliphatic rings. The van der Waals surface area contributed by atoms with Gasteiger partial charge in [0.25, 0.3) is 10.0 Å². The van der Waals surface area contributed by atoms with E-state index < -0.39 is 32.4 Å². The van der Waals surface area contributed by atoms with Crippen molar-refractivity contribution < 1.29 is 21.6 Å². The van der Waals surface area contributed by atoms with Crippen LogP contribution in [0.4, 0.5) is 18.9 Å². The van der Waals surface area contributed by atoms with E-state index in [1.54, 1.807) is 6.92 Å². The number of benzene rings is 1. The Labute approximate surface area is 123 Å². The number of aromatic nitrogens is 1. The van der Waals surface area contributed by atoms with Crippen LogP contribution < -0.4 is 4.72 Å². The average molecular weight is 337 g/mol. The SMILES string of the molecule is Cc1cc(NS(=O)(=O)c2ccc(F)c(F)c2F)cnc1Cl. The van der Waals surface area contributed by atoms with Gasteiger partial charge in [0.1, 0.15) is 10.0 Å². The van der Waals surface area contributed by atoms with Gasteiger partial charge in [0.2, 0.25) is 0 Å². The molecule has 0 unspecified atom stereocenters. The standard InChI is InChI=1S/C12H8ClF3N2O2S/c1-6-4-7(5-17-12(6)13)18-21(19,20)9-3-2-8(14)10(15)11(9)16/h2-5,18H,1H3. The summed E-state index contributed by atoms with van der Waals surface area (Å²) in [6.45, 7) is 1.59. The lowest BCUT2D eigenvalue weighted by molar-refractivity contribution is 0.432. The van der Waals surface area contributed by atoms with Crippen molar-refractivity contribution in [1.29, 1.82) is 0 Å². The molecule has 0 saturated heterocycles. The third-order valence-electron chi connectivity index (χ3n) is 2.56. The number of nitrogens with zero attached hydrogens (tertiary/aromatic N) is 1. The van der Waals surface area contributed by atoms with Gasteiger partial charge in [0.05, 0.1) is 11.9 Å². The summed E-state index contributed by atoms with van der Waals surface area (Å²) in [5.74, 6) is -5.13. The first-order valence-electron chi connectivity index (χ1n) is 5.51. The highest BCUT2D eigenvalue weighted by molar-refractivity contribution is 7.92. The molecule has 2 rings (SSSR count). The Morgan fingerprint density at radius 1 is 1.19 bits per heavy atom. The molecule has 0 bridgehead atoms. The van der Waals surface area contributed by atoms with Crippen LogP contribution in [0.15, 0.2) is 29.3 Å². The number of anilines is 1. The Hall–Kier alpha value is -1.80. The van der Waals surface area contributed by atoms with Crippen LogP contribution >= 0.6 is 11.6 Å².